The van der Waals surface area contributed by atoms with Crippen LogP contribution in [-0.2, 0) is 14.8 Å². The average molecular weight is 421 g/mol. The van der Waals surface area contributed by atoms with Crippen LogP contribution < -0.4 is 9.62 Å². The quantitative estimate of drug-likeness (QED) is 0.602. The molecule has 2 aromatic carbocycles. The fourth-order valence-electron chi connectivity index (χ4n) is 2.90. The normalized spacial score (nSPS) is 11.3. The first-order valence-corrected chi connectivity index (χ1v) is 12.1. The lowest BCUT2D eigenvalue weighted by molar-refractivity contribution is -0.116. The van der Waals surface area contributed by atoms with E-state index in [1.54, 1.807) is 11.8 Å². The van der Waals surface area contributed by atoms with E-state index in [1.165, 1.54) is 10.6 Å². The van der Waals surface area contributed by atoms with Gasteiger partial charge in [0.1, 0.15) is 0 Å². The molecule has 0 fully saturated rings. The Kier molecular flexibility index (Phi) is 7.95. The Labute approximate surface area is 172 Å². The predicted octanol–water partition coefficient (Wildman–Crippen LogP) is 4.60. The van der Waals surface area contributed by atoms with Crippen molar-refractivity contribution in [1.82, 2.24) is 0 Å². The molecule has 1 N–H and O–H groups in total. The summed E-state index contributed by atoms with van der Waals surface area (Å²) >= 11 is 1.67. The number of nitrogens with zero attached hydrogens (tertiary/aromatic N) is 1. The van der Waals surface area contributed by atoms with Crippen LogP contribution in [0.3, 0.4) is 0 Å². The van der Waals surface area contributed by atoms with Crippen LogP contribution in [0.1, 0.15) is 30.9 Å². The summed E-state index contributed by atoms with van der Waals surface area (Å²) in [6, 6.07) is 13.4. The molecular formula is C21H28N2O3S2. The zero-order valence-electron chi connectivity index (χ0n) is 16.9. The number of para-hydroxylation sites is 1. The molecule has 0 saturated carbocycles. The maximum absolute atomic E-state index is 12.4. The number of rotatable bonds is 9. The highest BCUT2D eigenvalue weighted by Gasteiger charge is 2.19. The third-order valence-electron chi connectivity index (χ3n) is 4.26. The van der Waals surface area contributed by atoms with Gasteiger partial charge in [0.15, 0.2) is 0 Å². The van der Waals surface area contributed by atoms with E-state index in [9.17, 15) is 13.2 Å². The number of thioether (sulfide) groups is 1. The number of benzene rings is 2. The molecule has 152 valence electrons. The molecule has 2 aromatic rings. The second-order valence-corrected chi connectivity index (χ2v) is 9.92. The number of aryl methyl sites for hydroxylation is 2. The van der Waals surface area contributed by atoms with E-state index >= 15 is 0 Å². The van der Waals surface area contributed by atoms with Crippen molar-refractivity contribution in [2.75, 3.05) is 28.2 Å². The minimum absolute atomic E-state index is 0.112. The van der Waals surface area contributed by atoms with Gasteiger partial charge in [-0.05, 0) is 55.3 Å². The summed E-state index contributed by atoms with van der Waals surface area (Å²) in [6.45, 7) is 6.16. The van der Waals surface area contributed by atoms with E-state index in [0.29, 0.717) is 12.1 Å². The zero-order valence-corrected chi connectivity index (χ0v) is 18.5. The van der Waals surface area contributed by atoms with E-state index in [2.05, 4.69) is 12.2 Å². The predicted molar refractivity (Wildman–Crippen MR) is 119 cm³/mol. The van der Waals surface area contributed by atoms with E-state index in [-0.39, 0.29) is 18.9 Å². The molecule has 0 bridgehead atoms. The van der Waals surface area contributed by atoms with Crippen molar-refractivity contribution >= 4 is 39.1 Å². The van der Waals surface area contributed by atoms with Crippen LogP contribution in [0.15, 0.2) is 47.4 Å². The lowest BCUT2D eigenvalue weighted by Crippen LogP contribution is -2.32. The van der Waals surface area contributed by atoms with Crippen LogP contribution in [0, 0.1) is 13.8 Å². The fourth-order valence-corrected chi connectivity index (χ4v) is 4.68. The molecule has 1 amide bonds. The Morgan fingerprint density at radius 3 is 2.54 bits per heavy atom. The van der Waals surface area contributed by atoms with Crippen LogP contribution in [-0.4, -0.2) is 32.9 Å². The molecule has 0 spiro atoms. The highest BCUT2D eigenvalue weighted by atomic mass is 32.2. The molecule has 0 aliphatic carbocycles. The Morgan fingerprint density at radius 2 is 1.86 bits per heavy atom. The highest BCUT2D eigenvalue weighted by molar-refractivity contribution is 7.99. The summed E-state index contributed by atoms with van der Waals surface area (Å²) < 4.78 is 26.0. The summed E-state index contributed by atoms with van der Waals surface area (Å²) in [5, 5.41) is 2.94. The Bertz CT molecular complexity index is 927. The van der Waals surface area contributed by atoms with Gasteiger partial charge in [-0.15, -0.1) is 11.8 Å². The van der Waals surface area contributed by atoms with Gasteiger partial charge in [0, 0.05) is 17.9 Å². The monoisotopic (exact) mass is 420 g/mol. The molecule has 28 heavy (non-hydrogen) atoms. The smallest absolute Gasteiger partial charge is 0.232 e. The SMILES string of the molecule is CCSc1ccccc1NC(=O)CCCN(c1cc(C)ccc1C)S(C)(=O)=O. The van der Waals surface area contributed by atoms with Crippen LogP contribution in [0.25, 0.3) is 0 Å². The summed E-state index contributed by atoms with van der Waals surface area (Å²) in [4.78, 5) is 13.4. The van der Waals surface area contributed by atoms with Crippen LogP contribution in [0.2, 0.25) is 0 Å². The van der Waals surface area contributed by atoms with Crippen molar-refractivity contribution in [3.8, 4) is 0 Å². The molecule has 0 atom stereocenters. The summed E-state index contributed by atoms with van der Waals surface area (Å²) in [5.41, 5.74) is 3.37. The Balaban J connectivity index is 2.03. The second-order valence-electron chi connectivity index (χ2n) is 6.71. The number of hydrogen-bond acceptors (Lipinski definition) is 4. The van der Waals surface area contributed by atoms with E-state index in [1.807, 2.05) is 56.3 Å². The molecule has 7 heteroatoms. The number of amides is 1. The zero-order chi connectivity index (χ0) is 20.7. The first-order valence-electron chi connectivity index (χ1n) is 9.29. The van der Waals surface area contributed by atoms with Crippen molar-refractivity contribution in [1.29, 1.82) is 0 Å². The van der Waals surface area contributed by atoms with Crippen LogP contribution >= 0.6 is 11.8 Å². The first kappa shape index (κ1) is 22.3. The molecule has 0 unspecified atom stereocenters. The standard InChI is InChI=1S/C21H28N2O3S2/c1-5-27-20-10-7-6-9-18(20)22-21(24)11-8-14-23(28(4,25)26)19-15-16(2)12-13-17(19)3/h6-7,9-10,12-13,15H,5,8,11,14H2,1-4H3,(H,22,24). The van der Waals surface area contributed by atoms with Crippen molar-refractivity contribution < 1.29 is 13.2 Å². The van der Waals surface area contributed by atoms with Gasteiger partial charge < -0.3 is 5.32 Å². The highest BCUT2D eigenvalue weighted by Crippen LogP contribution is 2.27. The van der Waals surface area contributed by atoms with Gasteiger partial charge in [0.05, 0.1) is 17.6 Å². The van der Waals surface area contributed by atoms with Gasteiger partial charge in [-0.2, -0.15) is 0 Å². The molecule has 2 rings (SSSR count). The number of nitrogens with one attached hydrogen (secondary N) is 1. The average Bonchev–Trinajstić information content (AvgIpc) is 2.62. The number of carbonyl (C=O) groups is 1. The minimum atomic E-state index is -3.43. The molecule has 0 aliphatic rings. The largest absolute Gasteiger partial charge is 0.325 e. The van der Waals surface area contributed by atoms with Gasteiger partial charge in [0.2, 0.25) is 15.9 Å². The summed E-state index contributed by atoms with van der Waals surface area (Å²) in [7, 11) is -3.43. The topological polar surface area (TPSA) is 66.5 Å². The van der Waals surface area contributed by atoms with Gasteiger partial charge in [0.25, 0.3) is 0 Å². The van der Waals surface area contributed by atoms with Crippen LogP contribution in [0.4, 0.5) is 11.4 Å². The molecular weight excluding hydrogens is 392 g/mol. The van der Waals surface area contributed by atoms with Crippen molar-refractivity contribution in [3.63, 3.8) is 0 Å². The van der Waals surface area contributed by atoms with Gasteiger partial charge in [-0.1, -0.05) is 31.2 Å². The number of anilines is 2. The second kappa shape index (κ2) is 9.98. The molecule has 0 saturated heterocycles. The maximum Gasteiger partial charge on any atom is 0.232 e. The third-order valence-corrected chi connectivity index (χ3v) is 6.40. The van der Waals surface area contributed by atoms with E-state index in [4.69, 9.17) is 0 Å². The third kappa shape index (κ3) is 6.27. The Hall–Kier alpha value is -1.99. The molecule has 5 nitrogen and oxygen atoms in total. The number of hydrogen-bond donors (Lipinski definition) is 1. The first-order chi connectivity index (χ1) is 13.2. The lowest BCUT2D eigenvalue weighted by atomic mass is 10.1. The number of sulfonamides is 1. The summed E-state index contributed by atoms with van der Waals surface area (Å²) in [6.07, 6.45) is 1.89. The van der Waals surface area contributed by atoms with Crippen molar-refractivity contribution in [3.05, 3.63) is 53.6 Å². The van der Waals surface area contributed by atoms with Gasteiger partial charge >= 0.3 is 0 Å². The summed E-state index contributed by atoms with van der Waals surface area (Å²) in [5.74, 6) is 0.810. The number of carbonyl (C=O) groups excluding carboxylic acids is 1. The Morgan fingerprint density at radius 1 is 1.14 bits per heavy atom. The maximum atomic E-state index is 12.4. The van der Waals surface area contributed by atoms with Crippen LogP contribution in [0.5, 0.6) is 0 Å². The lowest BCUT2D eigenvalue weighted by Gasteiger charge is -2.24. The molecule has 0 aliphatic heterocycles. The van der Waals surface area contributed by atoms with Crippen molar-refractivity contribution in [2.45, 2.75) is 38.5 Å². The molecule has 0 radical (unpaired) electrons. The fraction of sp³-hybridized carbons (Fsp3) is 0.381. The van der Waals surface area contributed by atoms with E-state index in [0.717, 1.165) is 27.5 Å². The molecule has 0 heterocycles. The van der Waals surface area contributed by atoms with Gasteiger partial charge in [-0.3, -0.25) is 9.10 Å². The minimum Gasteiger partial charge on any atom is -0.325 e. The van der Waals surface area contributed by atoms with Gasteiger partial charge in [-0.25, -0.2) is 8.42 Å². The molecule has 0 aromatic heterocycles. The van der Waals surface area contributed by atoms with E-state index < -0.39 is 10.0 Å². The van der Waals surface area contributed by atoms with Crippen molar-refractivity contribution in [2.24, 2.45) is 0 Å².